The van der Waals surface area contributed by atoms with Crippen LogP contribution in [0.15, 0.2) is 67.0 Å². The Balaban J connectivity index is 1.39. The van der Waals surface area contributed by atoms with Gasteiger partial charge in [-0.3, -0.25) is 4.79 Å². The monoisotopic (exact) mass is 411 g/mol. The predicted molar refractivity (Wildman–Crippen MR) is 111 cm³/mol. The van der Waals surface area contributed by atoms with E-state index in [0.29, 0.717) is 27.4 Å². The number of aromatic nitrogens is 2. The summed E-state index contributed by atoms with van der Waals surface area (Å²) in [6.45, 7) is 0. The topological polar surface area (TPSA) is 67.0 Å². The molecule has 140 valence electrons. The van der Waals surface area contributed by atoms with E-state index in [0.717, 1.165) is 16.5 Å². The van der Waals surface area contributed by atoms with Crippen LogP contribution in [0, 0.1) is 0 Å². The number of ether oxygens (including phenoxy) is 1. The Hall–Kier alpha value is -3.02. The average Bonchev–Trinajstić information content (AvgIpc) is 3.14. The molecule has 5 nitrogen and oxygen atoms in total. The lowest BCUT2D eigenvalue weighted by Crippen LogP contribution is -2.14. The SMILES string of the molecule is O=C(Cc1ccc2[nH]ccc2c1)Nc1ccc(Oc2cc(Cl)ccc2Cl)nc1. The number of H-pyrrole nitrogens is 1. The number of hydrogen-bond acceptors (Lipinski definition) is 3. The molecule has 0 aliphatic carbocycles. The summed E-state index contributed by atoms with van der Waals surface area (Å²) < 4.78 is 5.64. The van der Waals surface area contributed by atoms with Crippen molar-refractivity contribution in [2.75, 3.05) is 5.32 Å². The molecule has 0 aliphatic rings. The van der Waals surface area contributed by atoms with Gasteiger partial charge in [-0.25, -0.2) is 4.98 Å². The summed E-state index contributed by atoms with van der Waals surface area (Å²) in [6, 6.07) is 16.2. The minimum absolute atomic E-state index is 0.122. The number of carbonyl (C=O) groups is 1. The van der Waals surface area contributed by atoms with E-state index in [2.05, 4.69) is 15.3 Å². The van der Waals surface area contributed by atoms with Crippen molar-refractivity contribution >= 4 is 45.7 Å². The largest absolute Gasteiger partial charge is 0.437 e. The third-order valence-corrected chi connectivity index (χ3v) is 4.66. The van der Waals surface area contributed by atoms with Crippen LogP contribution in [0.1, 0.15) is 5.56 Å². The molecular formula is C21H15Cl2N3O2. The average molecular weight is 412 g/mol. The maximum absolute atomic E-state index is 12.3. The molecule has 2 heterocycles. The summed E-state index contributed by atoms with van der Waals surface area (Å²) in [5.41, 5.74) is 2.56. The molecule has 2 aromatic carbocycles. The van der Waals surface area contributed by atoms with Gasteiger partial charge in [-0.15, -0.1) is 0 Å². The number of carbonyl (C=O) groups excluding carboxylic acids is 1. The first-order valence-corrected chi connectivity index (χ1v) is 9.27. The highest BCUT2D eigenvalue weighted by Gasteiger charge is 2.08. The summed E-state index contributed by atoms with van der Waals surface area (Å²) in [4.78, 5) is 19.6. The van der Waals surface area contributed by atoms with E-state index in [1.807, 2.05) is 30.5 Å². The molecule has 0 spiro atoms. The van der Waals surface area contributed by atoms with E-state index < -0.39 is 0 Å². The molecule has 2 N–H and O–H groups in total. The molecule has 0 atom stereocenters. The van der Waals surface area contributed by atoms with Gasteiger partial charge < -0.3 is 15.0 Å². The lowest BCUT2D eigenvalue weighted by molar-refractivity contribution is -0.115. The van der Waals surface area contributed by atoms with Crippen molar-refractivity contribution in [3.05, 3.63) is 82.6 Å². The van der Waals surface area contributed by atoms with Gasteiger partial charge in [0, 0.05) is 28.9 Å². The first kappa shape index (κ1) is 18.3. The second kappa shape index (κ2) is 7.92. The lowest BCUT2D eigenvalue weighted by Gasteiger charge is -2.09. The van der Waals surface area contributed by atoms with Gasteiger partial charge >= 0.3 is 0 Å². The molecule has 0 aliphatic heterocycles. The van der Waals surface area contributed by atoms with Crippen molar-refractivity contribution in [2.24, 2.45) is 0 Å². The fraction of sp³-hybridized carbons (Fsp3) is 0.0476. The van der Waals surface area contributed by atoms with E-state index in [9.17, 15) is 4.79 Å². The number of nitrogens with zero attached hydrogens (tertiary/aromatic N) is 1. The molecule has 0 unspecified atom stereocenters. The van der Waals surface area contributed by atoms with E-state index in [4.69, 9.17) is 27.9 Å². The van der Waals surface area contributed by atoms with Crippen molar-refractivity contribution in [2.45, 2.75) is 6.42 Å². The molecule has 1 amide bonds. The Morgan fingerprint density at radius 3 is 2.79 bits per heavy atom. The van der Waals surface area contributed by atoms with Crippen molar-refractivity contribution in [1.82, 2.24) is 9.97 Å². The van der Waals surface area contributed by atoms with Crippen LogP contribution >= 0.6 is 23.2 Å². The Morgan fingerprint density at radius 1 is 1.07 bits per heavy atom. The zero-order chi connectivity index (χ0) is 19.5. The Bertz CT molecular complexity index is 1140. The molecule has 4 rings (SSSR count). The van der Waals surface area contributed by atoms with Crippen LogP contribution in [0.4, 0.5) is 5.69 Å². The standard InChI is InChI=1S/C21H15Cl2N3O2/c22-15-2-4-17(23)19(11-15)28-21-6-3-16(12-25-21)26-20(27)10-13-1-5-18-14(9-13)7-8-24-18/h1-9,11-12,24H,10H2,(H,26,27). The van der Waals surface area contributed by atoms with Gasteiger partial charge in [0.25, 0.3) is 0 Å². The number of halogens is 2. The smallest absolute Gasteiger partial charge is 0.228 e. The maximum atomic E-state index is 12.3. The van der Waals surface area contributed by atoms with Crippen LogP contribution in [0.25, 0.3) is 10.9 Å². The number of rotatable bonds is 5. The van der Waals surface area contributed by atoms with Gasteiger partial charge in [0.05, 0.1) is 23.3 Å². The van der Waals surface area contributed by atoms with Crippen molar-refractivity contribution in [3.8, 4) is 11.6 Å². The minimum Gasteiger partial charge on any atom is -0.437 e. The Labute approximate surface area is 171 Å². The number of fused-ring (bicyclic) bond motifs is 1. The predicted octanol–water partition coefficient (Wildman–Crippen LogP) is 5.84. The van der Waals surface area contributed by atoms with Gasteiger partial charge in [-0.1, -0.05) is 29.3 Å². The first-order chi connectivity index (χ1) is 13.6. The summed E-state index contributed by atoms with van der Waals surface area (Å²) in [5.74, 6) is 0.641. The van der Waals surface area contributed by atoms with Gasteiger partial charge in [-0.05, 0) is 47.3 Å². The number of pyridine rings is 1. The van der Waals surface area contributed by atoms with E-state index >= 15 is 0 Å². The zero-order valence-electron chi connectivity index (χ0n) is 14.6. The molecule has 0 saturated heterocycles. The molecule has 0 bridgehead atoms. The number of aromatic amines is 1. The van der Waals surface area contributed by atoms with Gasteiger partial charge in [0.15, 0.2) is 0 Å². The molecule has 0 fully saturated rings. The highest BCUT2D eigenvalue weighted by Crippen LogP contribution is 2.31. The first-order valence-electron chi connectivity index (χ1n) is 8.52. The highest BCUT2D eigenvalue weighted by atomic mass is 35.5. The second-order valence-corrected chi connectivity index (χ2v) is 7.03. The van der Waals surface area contributed by atoms with Crippen molar-refractivity contribution in [3.63, 3.8) is 0 Å². The molecule has 0 saturated carbocycles. The molecular weight excluding hydrogens is 397 g/mol. The van der Waals surface area contributed by atoms with Crippen LogP contribution < -0.4 is 10.1 Å². The fourth-order valence-electron chi connectivity index (χ4n) is 2.79. The number of anilines is 1. The molecule has 4 aromatic rings. The van der Waals surface area contributed by atoms with Crippen LogP contribution in [0.2, 0.25) is 10.0 Å². The fourth-order valence-corrected chi connectivity index (χ4v) is 3.10. The number of amides is 1. The molecule has 2 aromatic heterocycles. The lowest BCUT2D eigenvalue weighted by atomic mass is 10.1. The van der Waals surface area contributed by atoms with Crippen LogP contribution in [0.5, 0.6) is 11.6 Å². The molecule has 7 heteroatoms. The second-order valence-electron chi connectivity index (χ2n) is 6.19. The summed E-state index contributed by atoms with van der Waals surface area (Å²) in [6.07, 6.45) is 3.68. The summed E-state index contributed by atoms with van der Waals surface area (Å²) in [5, 5.41) is 4.86. The van der Waals surface area contributed by atoms with Gasteiger partial charge in [0.1, 0.15) is 5.75 Å². The summed E-state index contributed by atoms with van der Waals surface area (Å²) in [7, 11) is 0. The summed E-state index contributed by atoms with van der Waals surface area (Å²) >= 11 is 12.0. The normalized spacial score (nSPS) is 10.8. The quantitative estimate of drug-likeness (QED) is 0.433. The zero-order valence-corrected chi connectivity index (χ0v) is 16.1. The van der Waals surface area contributed by atoms with Gasteiger partial charge in [0.2, 0.25) is 11.8 Å². The van der Waals surface area contributed by atoms with Crippen LogP contribution in [-0.4, -0.2) is 15.9 Å². The van der Waals surface area contributed by atoms with Crippen LogP contribution in [-0.2, 0) is 11.2 Å². The van der Waals surface area contributed by atoms with Crippen molar-refractivity contribution in [1.29, 1.82) is 0 Å². The van der Waals surface area contributed by atoms with Gasteiger partial charge in [-0.2, -0.15) is 0 Å². The maximum Gasteiger partial charge on any atom is 0.228 e. The molecule has 0 radical (unpaired) electrons. The van der Waals surface area contributed by atoms with E-state index in [1.165, 1.54) is 6.20 Å². The Morgan fingerprint density at radius 2 is 1.96 bits per heavy atom. The number of hydrogen-bond donors (Lipinski definition) is 2. The number of nitrogens with one attached hydrogen (secondary N) is 2. The van der Waals surface area contributed by atoms with Crippen molar-refractivity contribution < 1.29 is 9.53 Å². The van der Waals surface area contributed by atoms with E-state index in [-0.39, 0.29) is 12.3 Å². The van der Waals surface area contributed by atoms with Crippen LogP contribution in [0.3, 0.4) is 0 Å². The van der Waals surface area contributed by atoms with E-state index in [1.54, 1.807) is 30.3 Å². The third kappa shape index (κ3) is 4.27. The number of benzene rings is 2. The Kier molecular flexibility index (Phi) is 5.19. The highest BCUT2D eigenvalue weighted by molar-refractivity contribution is 6.34. The minimum atomic E-state index is -0.122. The third-order valence-electron chi connectivity index (χ3n) is 4.11. The molecule has 28 heavy (non-hydrogen) atoms.